The zero-order valence-electron chi connectivity index (χ0n) is 17.3. The summed E-state index contributed by atoms with van der Waals surface area (Å²) in [5, 5.41) is 2.92. The fraction of sp³-hybridized carbons (Fsp3) is 0.304. The van der Waals surface area contributed by atoms with Gasteiger partial charge in [0.05, 0.1) is 22.1 Å². The minimum atomic E-state index is -4.93. The van der Waals surface area contributed by atoms with Crippen molar-refractivity contribution < 1.29 is 35.9 Å². The second-order valence-electron chi connectivity index (χ2n) is 7.67. The molecule has 1 amide bonds. The summed E-state index contributed by atoms with van der Waals surface area (Å²) in [5.41, 5.74) is -1.27. The summed E-state index contributed by atoms with van der Waals surface area (Å²) >= 11 is 7.83. The van der Waals surface area contributed by atoms with E-state index in [0.29, 0.717) is 17.7 Å². The molecule has 34 heavy (non-hydrogen) atoms. The van der Waals surface area contributed by atoms with Crippen molar-refractivity contribution in [3.8, 4) is 0 Å². The van der Waals surface area contributed by atoms with Crippen molar-refractivity contribution >= 4 is 41.1 Å². The van der Waals surface area contributed by atoms with Gasteiger partial charge in [-0.2, -0.15) is 38.1 Å². The van der Waals surface area contributed by atoms with Crippen LogP contribution >= 0.6 is 23.4 Å². The van der Waals surface area contributed by atoms with Crippen LogP contribution in [0.25, 0.3) is 6.08 Å². The smallest absolute Gasteiger partial charge is 0.348 e. The molecule has 1 aliphatic rings. The summed E-state index contributed by atoms with van der Waals surface area (Å²) in [6.45, 7) is 0. The van der Waals surface area contributed by atoms with Crippen LogP contribution < -0.4 is 5.32 Å². The highest BCUT2D eigenvalue weighted by Crippen LogP contribution is 2.40. The van der Waals surface area contributed by atoms with Crippen molar-refractivity contribution in [2.24, 2.45) is 0 Å². The number of rotatable bonds is 7. The average Bonchev–Trinajstić information content (AvgIpc) is 2.71. The van der Waals surface area contributed by atoms with Crippen LogP contribution in [0.4, 0.5) is 26.3 Å². The molecule has 1 fully saturated rings. The monoisotopic (exact) mass is 521 g/mol. The van der Waals surface area contributed by atoms with E-state index in [-0.39, 0.29) is 22.5 Å². The molecule has 1 aliphatic heterocycles. The van der Waals surface area contributed by atoms with Crippen molar-refractivity contribution in [1.82, 2.24) is 5.32 Å². The number of halogens is 7. The Bertz CT molecular complexity index is 1100. The molecule has 3 nitrogen and oxygen atoms in total. The van der Waals surface area contributed by atoms with Gasteiger partial charge in [-0.3, -0.25) is 9.59 Å². The topological polar surface area (TPSA) is 46.2 Å². The van der Waals surface area contributed by atoms with Gasteiger partial charge >= 0.3 is 12.4 Å². The first-order chi connectivity index (χ1) is 15.8. The predicted octanol–water partition coefficient (Wildman–Crippen LogP) is 6.52. The van der Waals surface area contributed by atoms with E-state index in [1.807, 2.05) is 0 Å². The van der Waals surface area contributed by atoms with Crippen LogP contribution in [0.15, 0.2) is 48.5 Å². The first kappa shape index (κ1) is 26.2. The second-order valence-corrected chi connectivity index (χ2v) is 9.15. The Hall–Kier alpha value is -2.46. The molecule has 0 bridgehead atoms. The second kappa shape index (κ2) is 10.4. The molecule has 1 heterocycles. The third kappa shape index (κ3) is 6.79. The largest absolute Gasteiger partial charge is 0.416 e. The van der Waals surface area contributed by atoms with Gasteiger partial charge in [0, 0.05) is 24.0 Å². The summed E-state index contributed by atoms with van der Waals surface area (Å²) in [6.07, 6.45) is -8.66. The van der Waals surface area contributed by atoms with E-state index >= 15 is 0 Å². The molecule has 2 aromatic rings. The molecule has 0 radical (unpaired) electrons. The van der Waals surface area contributed by atoms with Crippen molar-refractivity contribution in [3.63, 3.8) is 0 Å². The number of nitrogens with one attached hydrogen (secondary N) is 1. The lowest BCUT2D eigenvalue weighted by Gasteiger charge is -2.26. The Kier molecular flexibility index (Phi) is 8.02. The first-order valence-electron chi connectivity index (χ1n) is 9.97. The molecule has 0 aromatic heterocycles. The van der Waals surface area contributed by atoms with E-state index in [1.54, 1.807) is 11.8 Å². The molecule has 1 saturated heterocycles. The SMILES string of the molecule is O=C(/C=C/c1ccc(C(=O)NC2CSC2)c(Cl)c1)CC(c1cccc(C(F)(F)F)c1)C(F)(F)F. The average molecular weight is 522 g/mol. The molecule has 1 atom stereocenters. The number of hydrogen-bond acceptors (Lipinski definition) is 3. The molecule has 182 valence electrons. The van der Waals surface area contributed by atoms with E-state index in [2.05, 4.69) is 5.32 Å². The van der Waals surface area contributed by atoms with Crippen LogP contribution in [-0.4, -0.2) is 35.4 Å². The van der Waals surface area contributed by atoms with Crippen molar-refractivity contribution in [2.45, 2.75) is 30.7 Å². The summed E-state index contributed by atoms with van der Waals surface area (Å²) in [6, 6.07) is 7.24. The highest BCUT2D eigenvalue weighted by Gasteiger charge is 2.42. The first-order valence-corrected chi connectivity index (χ1v) is 11.5. The van der Waals surface area contributed by atoms with Gasteiger partial charge in [0.15, 0.2) is 5.78 Å². The molecule has 11 heteroatoms. The lowest BCUT2D eigenvalue weighted by atomic mass is 9.91. The maximum Gasteiger partial charge on any atom is 0.416 e. The van der Waals surface area contributed by atoms with Gasteiger partial charge in [0.25, 0.3) is 5.91 Å². The normalized spacial score (nSPS) is 15.7. The molecule has 1 N–H and O–H groups in total. The molecular weight excluding hydrogens is 504 g/mol. The highest BCUT2D eigenvalue weighted by molar-refractivity contribution is 8.00. The predicted molar refractivity (Wildman–Crippen MR) is 119 cm³/mol. The Morgan fingerprint density at radius 3 is 2.35 bits per heavy atom. The van der Waals surface area contributed by atoms with Gasteiger partial charge in [0.1, 0.15) is 0 Å². The number of amides is 1. The van der Waals surface area contributed by atoms with Gasteiger partial charge in [-0.05, 0) is 35.4 Å². The maximum absolute atomic E-state index is 13.5. The number of carbonyl (C=O) groups excluding carboxylic acids is 2. The van der Waals surface area contributed by atoms with Crippen molar-refractivity contribution in [2.75, 3.05) is 11.5 Å². The van der Waals surface area contributed by atoms with Gasteiger partial charge in [-0.25, -0.2) is 0 Å². The Morgan fingerprint density at radius 1 is 1.09 bits per heavy atom. The van der Waals surface area contributed by atoms with Crippen molar-refractivity contribution in [1.29, 1.82) is 0 Å². The quantitative estimate of drug-likeness (QED) is 0.333. The minimum Gasteiger partial charge on any atom is -0.348 e. The van der Waals surface area contributed by atoms with Gasteiger partial charge in [-0.15, -0.1) is 0 Å². The van der Waals surface area contributed by atoms with Crippen LogP contribution in [-0.2, 0) is 11.0 Å². The van der Waals surface area contributed by atoms with Gasteiger partial charge in [-0.1, -0.05) is 41.9 Å². The summed E-state index contributed by atoms with van der Waals surface area (Å²) in [5.74, 6) is -2.06. The highest BCUT2D eigenvalue weighted by atomic mass is 35.5. The maximum atomic E-state index is 13.5. The zero-order valence-corrected chi connectivity index (χ0v) is 18.9. The molecule has 0 spiro atoms. The van der Waals surface area contributed by atoms with E-state index in [1.165, 1.54) is 24.3 Å². The number of carbonyl (C=O) groups is 2. The molecule has 0 aliphatic carbocycles. The third-order valence-electron chi connectivity index (χ3n) is 5.09. The van der Waals surface area contributed by atoms with Crippen LogP contribution in [0.3, 0.4) is 0 Å². The van der Waals surface area contributed by atoms with Crippen LogP contribution in [0, 0.1) is 0 Å². The minimum absolute atomic E-state index is 0.0733. The number of benzene rings is 2. The lowest BCUT2D eigenvalue weighted by molar-refractivity contribution is -0.156. The zero-order chi connectivity index (χ0) is 25.1. The van der Waals surface area contributed by atoms with Gasteiger partial charge < -0.3 is 5.32 Å². The lowest BCUT2D eigenvalue weighted by Crippen LogP contribution is -2.43. The molecule has 2 aromatic carbocycles. The van der Waals surface area contributed by atoms with E-state index in [0.717, 1.165) is 29.7 Å². The summed E-state index contributed by atoms with van der Waals surface area (Å²) in [7, 11) is 0. The standard InChI is InChI=1S/C23H18ClF6NO2S/c24-20-8-13(5-7-18(20)21(33)31-16-11-34-12-16)4-6-17(32)10-19(23(28,29)30)14-2-1-3-15(9-14)22(25,26)27/h1-9,16,19H,10-12H2,(H,31,33)/b6-4+. The fourth-order valence-corrected chi connectivity index (χ4v) is 4.13. The number of hydrogen-bond donors (Lipinski definition) is 1. The Morgan fingerprint density at radius 2 is 1.79 bits per heavy atom. The molecular formula is C23H18ClF6NO2S. The van der Waals surface area contributed by atoms with Crippen LogP contribution in [0.5, 0.6) is 0 Å². The Balaban J connectivity index is 1.71. The van der Waals surface area contributed by atoms with E-state index < -0.39 is 41.6 Å². The van der Waals surface area contributed by atoms with Crippen molar-refractivity contribution in [3.05, 3.63) is 75.8 Å². The summed E-state index contributed by atoms with van der Waals surface area (Å²) in [4.78, 5) is 24.5. The molecule has 0 saturated carbocycles. The van der Waals surface area contributed by atoms with E-state index in [4.69, 9.17) is 11.6 Å². The number of thioether (sulfide) groups is 1. The van der Waals surface area contributed by atoms with Crippen LogP contribution in [0.2, 0.25) is 5.02 Å². The number of allylic oxidation sites excluding steroid dienone is 1. The van der Waals surface area contributed by atoms with Crippen LogP contribution in [0.1, 0.15) is 39.4 Å². The van der Waals surface area contributed by atoms with E-state index in [9.17, 15) is 35.9 Å². The number of ketones is 1. The van der Waals surface area contributed by atoms with Gasteiger partial charge in [0.2, 0.25) is 0 Å². The third-order valence-corrected chi connectivity index (χ3v) is 6.68. The summed E-state index contributed by atoms with van der Waals surface area (Å²) < 4.78 is 79.3. The number of alkyl halides is 6. The molecule has 3 rings (SSSR count). The fourth-order valence-electron chi connectivity index (χ4n) is 3.21. The Labute approximate surface area is 200 Å². The molecule has 1 unspecified atom stereocenters.